The van der Waals surface area contributed by atoms with Gasteiger partial charge in [-0.2, -0.15) is 4.31 Å². The lowest BCUT2D eigenvalue weighted by Crippen LogP contribution is -2.41. The highest BCUT2D eigenvalue weighted by Gasteiger charge is 2.31. The first-order chi connectivity index (χ1) is 11.0. The van der Waals surface area contributed by atoms with Crippen LogP contribution in [-0.4, -0.2) is 37.3 Å². The third-order valence-corrected chi connectivity index (χ3v) is 5.96. The lowest BCUT2D eigenvalue weighted by atomic mass is 10.0. The van der Waals surface area contributed by atoms with Crippen LogP contribution in [-0.2, 0) is 10.0 Å². The molecule has 0 aliphatic carbocycles. The topological polar surface area (TPSA) is 66.5 Å². The van der Waals surface area contributed by atoms with Crippen LogP contribution in [0.25, 0.3) is 0 Å². The van der Waals surface area contributed by atoms with Gasteiger partial charge in [-0.1, -0.05) is 6.92 Å². The molecule has 0 bridgehead atoms. The molecule has 134 valence electrons. The standard InChI is InChI=1S/C17H25FN2O3S/c1-12-7-9-20(10-8-12)24(22,23)15-11-13(5-6-14(15)18)16(21)19-17(2,3)4/h5-6,11-12H,7-10H2,1-4H3,(H,19,21). The number of hydrogen-bond donors (Lipinski definition) is 1. The number of sulfonamides is 1. The SMILES string of the molecule is CC1CCN(S(=O)(=O)c2cc(C(=O)NC(C)(C)C)ccc2F)CC1. The predicted molar refractivity (Wildman–Crippen MR) is 90.8 cm³/mol. The van der Waals surface area contributed by atoms with E-state index in [0.717, 1.165) is 25.0 Å². The Morgan fingerprint density at radius 2 is 1.83 bits per heavy atom. The summed E-state index contributed by atoms with van der Waals surface area (Å²) in [7, 11) is -3.94. The molecule has 24 heavy (non-hydrogen) atoms. The van der Waals surface area contributed by atoms with Crippen LogP contribution in [0.1, 0.15) is 50.9 Å². The van der Waals surface area contributed by atoms with E-state index in [1.807, 2.05) is 20.8 Å². The number of halogens is 1. The van der Waals surface area contributed by atoms with E-state index in [2.05, 4.69) is 12.2 Å². The van der Waals surface area contributed by atoms with Gasteiger partial charge in [0.05, 0.1) is 0 Å². The highest BCUT2D eigenvalue weighted by molar-refractivity contribution is 7.89. The minimum Gasteiger partial charge on any atom is -0.347 e. The first-order valence-electron chi connectivity index (χ1n) is 8.13. The summed E-state index contributed by atoms with van der Waals surface area (Å²) in [5, 5.41) is 2.75. The molecule has 0 unspecified atom stereocenters. The van der Waals surface area contributed by atoms with Crippen molar-refractivity contribution in [3.63, 3.8) is 0 Å². The normalized spacial score (nSPS) is 17.7. The van der Waals surface area contributed by atoms with Gasteiger partial charge in [0, 0.05) is 24.2 Å². The molecule has 0 radical (unpaired) electrons. The van der Waals surface area contributed by atoms with E-state index in [1.54, 1.807) is 0 Å². The van der Waals surface area contributed by atoms with E-state index < -0.39 is 32.2 Å². The molecule has 1 saturated heterocycles. The zero-order valence-corrected chi connectivity index (χ0v) is 15.4. The Morgan fingerprint density at radius 1 is 1.25 bits per heavy atom. The predicted octanol–water partition coefficient (Wildman–Crippen LogP) is 2.77. The van der Waals surface area contributed by atoms with Crippen LogP contribution in [0.3, 0.4) is 0 Å². The fourth-order valence-corrected chi connectivity index (χ4v) is 4.18. The maximum Gasteiger partial charge on any atom is 0.251 e. The number of nitrogens with zero attached hydrogens (tertiary/aromatic N) is 1. The van der Waals surface area contributed by atoms with Crippen molar-refractivity contribution in [2.45, 2.75) is 51.0 Å². The van der Waals surface area contributed by atoms with E-state index >= 15 is 0 Å². The van der Waals surface area contributed by atoms with Crippen LogP contribution in [0.4, 0.5) is 4.39 Å². The van der Waals surface area contributed by atoms with Crippen molar-refractivity contribution in [3.05, 3.63) is 29.6 Å². The van der Waals surface area contributed by atoms with Crippen LogP contribution in [0.15, 0.2) is 23.1 Å². The number of hydrogen-bond acceptors (Lipinski definition) is 3. The van der Waals surface area contributed by atoms with Crippen molar-refractivity contribution in [1.29, 1.82) is 0 Å². The van der Waals surface area contributed by atoms with Gasteiger partial charge in [0.1, 0.15) is 10.7 Å². The molecule has 1 fully saturated rings. The van der Waals surface area contributed by atoms with E-state index in [-0.39, 0.29) is 5.56 Å². The van der Waals surface area contributed by atoms with Crippen molar-refractivity contribution in [3.8, 4) is 0 Å². The first-order valence-corrected chi connectivity index (χ1v) is 9.57. The Morgan fingerprint density at radius 3 is 2.38 bits per heavy atom. The van der Waals surface area contributed by atoms with E-state index in [9.17, 15) is 17.6 Å². The number of benzene rings is 1. The van der Waals surface area contributed by atoms with E-state index in [1.165, 1.54) is 10.4 Å². The van der Waals surface area contributed by atoms with Crippen LogP contribution < -0.4 is 5.32 Å². The third-order valence-electron chi connectivity index (χ3n) is 4.04. The van der Waals surface area contributed by atoms with Crippen LogP contribution in [0.5, 0.6) is 0 Å². The van der Waals surface area contributed by atoms with Crippen LogP contribution >= 0.6 is 0 Å². The van der Waals surface area contributed by atoms with E-state index in [0.29, 0.717) is 19.0 Å². The highest BCUT2D eigenvalue weighted by Crippen LogP contribution is 2.26. The Balaban J connectivity index is 2.33. The molecule has 2 rings (SSSR count). The van der Waals surface area contributed by atoms with Crippen molar-refractivity contribution >= 4 is 15.9 Å². The van der Waals surface area contributed by atoms with Crippen molar-refractivity contribution < 1.29 is 17.6 Å². The molecule has 1 aliphatic heterocycles. The summed E-state index contributed by atoms with van der Waals surface area (Å²) in [6.45, 7) is 8.29. The Hall–Kier alpha value is -1.47. The first kappa shape index (κ1) is 18.9. The molecule has 1 amide bonds. The molecule has 0 spiro atoms. The second-order valence-electron chi connectivity index (χ2n) is 7.44. The van der Waals surface area contributed by atoms with Crippen LogP contribution in [0, 0.1) is 11.7 Å². The van der Waals surface area contributed by atoms with Gasteiger partial charge >= 0.3 is 0 Å². The largest absolute Gasteiger partial charge is 0.347 e. The van der Waals surface area contributed by atoms with Gasteiger partial charge in [0.25, 0.3) is 5.91 Å². The Kier molecular flexibility index (Phi) is 5.34. The molecule has 1 aromatic rings. The number of carbonyl (C=O) groups is 1. The second-order valence-corrected chi connectivity index (χ2v) is 9.34. The van der Waals surface area contributed by atoms with Crippen molar-refractivity contribution in [2.24, 2.45) is 5.92 Å². The van der Waals surface area contributed by atoms with Crippen molar-refractivity contribution in [2.75, 3.05) is 13.1 Å². The summed E-state index contributed by atoms with van der Waals surface area (Å²) < 4.78 is 40.9. The summed E-state index contributed by atoms with van der Waals surface area (Å²) in [4.78, 5) is 11.8. The zero-order chi connectivity index (χ0) is 18.1. The molecule has 1 heterocycles. The zero-order valence-electron chi connectivity index (χ0n) is 14.6. The third kappa shape index (κ3) is 4.33. The van der Waals surface area contributed by atoms with Crippen molar-refractivity contribution in [1.82, 2.24) is 9.62 Å². The summed E-state index contributed by atoms with van der Waals surface area (Å²) in [6, 6.07) is 3.47. The quantitative estimate of drug-likeness (QED) is 0.906. The Labute approximate surface area is 143 Å². The van der Waals surface area contributed by atoms with Gasteiger partial charge in [-0.25, -0.2) is 12.8 Å². The minimum atomic E-state index is -3.94. The molecule has 7 heteroatoms. The van der Waals surface area contributed by atoms with Gasteiger partial charge in [-0.3, -0.25) is 4.79 Å². The molecule has 1 aliphatic rings. The molecule has 1 N–H and O–H groups in total. The maximum atomic E-state index is 14.2. The lowest BCUT2D eigenvalue weighted by molar-refractivity contribution is 0.0919. The molecule has 0 aromatic heterocycles. The molecule has 0 atom stereocenters. The fourth-order valence-electron chi connectivity index (χ4n) is 2.62. The molecular formula is C17H25FN2O3S. The van der Waals surface area contributed by atoms with E-state index in [4.69, 9.17) is 0 Å². The Bertz CT molecular complexity index is 718. The van der Waals surface area contributed by atoms with Crippen LogP contribution in [0.2, 0.25) is 0 Å². The van der Waals surface area contributed by atoms with Gasteiger partial charge < -0.3 is 5.32 Å². The number of amides is 1. The monoisotopic (exact) mass is 356 g/mol. The second kappa shape index (κ2) is 6.80. The van der Waals surface area contributed by atoms with Gasteiger partial charge in [-0.05, 0) is 57.7 Å². The minimum absolute atomic E-state index is 0.135. The molecular weight excluding hydrogens is 331 g/mol. The number of nitrogens with one attached hydrogen (secondary N) is 1. The smallest absolute Gasteiger partial charge is 0.251 e. The summed E-state index contributed by atoms with van der Waals surface area (Å²) in [5.41, 5.74) is -0.330. The summed E-state index contributed by atoms with van der Waals surface area (Å²) in [5.74, 6) is -0.794. The lowest BCUT2D eigenvalue weighted by Gasteiger charge is -2.29. The number of rotatable bonds is 3. The molecule has 5 nitrogen and oxygen atoms in total. The summed E-state index contributed by atoms with van der Waals surface area (Å²) >= 11 is 0. The molecule has 0 saturated carbocycles. The summed E-state index contributed by atoms with van der Waals surface area (Å²) in [6.07, 6.45) is 1.51. The van der Waals surface area contributed by atoms with Gasteiger partial charge in [0.15, 0.2) is 0 Å². The molecule has 1 aromatic carbocycles. The van der Waals surface area contributed by atoms with Gasteiger partial charge in [-0.15, -0.1) is 0 Å². The average molecular weight is 356 g/mol. The highest BCUT2D eigenvalue weighted by atomic mass is 32.2. The number of carbonyl (C=O) groups excluding carboxylic acids is 1. The fraction of sp³-hybridized carbons (Fsp3) is 0.588. The van der Waals surface area contributed by atoms with Gasteiger partial charge in [0.2, 0.25) is 10.0 Å². The maximum absolute atomic E-state index is 14.2. The average Bonchev–Trinajstić information content (AvgIpc) is 2.46. The number of piperidine rings is 1.